The van der Waals surface area contributed by atoms with E-state index in [2.05, 4.69) is 41.4 Å². The van der Waals surface area contributed by atoms with Gasteiger partial charge < -0.3 is 14.5 Å². The highest BCUT2D eigenvalue weighted by atomic mass is 16.5. The van der Waals surface area contributed by atoms with Crippen molar-refractivity contribution in [1.82, 2.24) is 10.2 Å². The Morgan fingerprint density at radius 1 is 1.03 bits per heavy atom. The number of ether oxygens (including phenoxy) is 1. The lowest BCUT2D eigenvalue weighted by Crippen LogP contribution is -2.43. The van der Waals surface area contributed by atoms with Gasteiger partial charge in [-0.25, -0.2) is 0 Å². The molecule has 0 spiro atoms. The van der Waals surface area contributed by atoms with Crippen LogP contribution in [0.3, 0.4) is 0 Å². The molecule has 150 valence electrons. The molecule has 2 aromatic carbocycles. The Balaban J connectivity index is 1.56. The van der Waals surface area contributed by atoms with Gasteiger partial charge in [0.2, 0.25) is 0 Å². The summed E-state index contributed by atoms with van der Waals surface area (Å²) in [5.41, 5.74) is 4.05. The van der Waals surface area contributed by atoms with Crippen molar-refractivity contribution in [2.24, 2.45) is 0 Å². The van der Waals surface area contributed by atoms with Gasteiger partial charge in [0.15, 0.2) is 5.76 Å². The highest BCUT2D eigenvalue weighted by molar-refractivity contribution is 5.98. The van der Waals surface area contributed by atoms with Crippen LogP contribution in [-0.4, -0.2) is 43.7 Å². The molecule has 0 saturated carbocycles. The monoisotopic (exact) mass is 390 g/mol. The number of aryl methyl sites for hydroxylation is 1. The van der Waals surface area contributed by atoms with Crippen LogP contribution in [0.1, 0.15) is 27.7 Å². The largest absolute Gasteiger partial charge is 0.459 e. The molecule has 1 aliphatic rings. The average Bonchev–Trinajstić information content (AvgIpc) is 3.25. The van der Waals surface area contributed by atoms with E-state index in [1.54, 1.807) is 6.26 Å². The molecular formula is C24H26N2O3. The molecule has 0 unspecified atom stereocenters. The number of carbonyl (C=O) groups is 1. The van der Waals surface area contributed by atoms with Gasteiger partial charge >= 0.3 is 0 Å². The molecule has 1 amide bonds. The summed E-state index contributed by atoms with van der Waals surface area (Å²) >= 11 is 0. The molecule has 5 nitrogen and oxygen atoms in total. The Bertz CT molecular complexity index is 928. The number of morpholine rings is 1. The Morgan fingerprint density at radius 3 is 2.48 bits per heavy atom. The maximum Gasteiger partial charge on any atom is 0.288 e. The van der Waals surface area contributed by atoms with Gasteiger partial charge in [-0.2, -0.15) is 0 Å². The molecule has 1 aromatic heterocycles. The van der Waals surface area contributed by atoms with Crippen LogP contribution in [0.25, 0.3) is 11.1 Å². The van der Waals surface area contributed by atoms with E-state index in [0.717, 1.165) is 49.5 Å². The van der Waals surface area contributed by atoms with Gasteiger partial charge in [-0.3, -0.25) is 9.69 Å². The maximum absolute atomic E-state index is 13.1. The lowest BCUT2D eigenvalue weighted by atomic mass is 10.0. The fraction of sp³-hybridized carbons (Fsp3) is 0.292. The zero-order valence-electron chi connectivity index (χ0n) is 16.6. The van der Waals surface area contributed by atoms with Gasteiger partial charge in [0.1, 0.15) is 0 Å². The van der Waals surface area contributed by atoms with Crippen molar-refractivity contribution < 1.29 is 13.9 Å². The van der Waals surface area contributed by atoms with Crippen LogP contribution >= 0.6 is 0 Å². The molecule has 1 saturated heterocycles. The number of benzene rings is 2. The van der Waals surface area contributed by atoms with E-state index >= 15 is 0 Å². The van der Waals surface area contributed by atoms with Crippen molar-refractivity contribution in [1.29, 1.82) is 0 Å². The summed E-state index contributed by atoms with van der Waals surface area (Å²) in [5.74, 6) is 0.142. The van der Waals surface area contributed by atoms with Gasteiger partial charge in [-0.05, 0) is 24.1 Å². The lowest BCUT2D eigenvalue weighted by Gasteiger charge is -2.31. The Hall–Kier alpha value is -2.89. The number of nitrogens with zero attached hydrogens (tertiary/aromatic N) is 1. The first-order chi connectivity index (χ1) is 14.2. The van der Waals surface area contributed by atoms with E-state index in [-0.39, 0.29) is 11.9 Å². The first kappa shape index (κ1) is 19.4. The van der Waals surface area contributed by atoms with Crippen LogP contribution in [0.4, 0.5) is 0 Å². The quantitative estimate of drug-likeness (QED) is 0.690. The molecule has 2 heterocycles. The van der Waals surface area contributed by atoms with Crippen LogP contribution in [0.2, 0.25) is 0 Å². The van der Waals surface area contributed by atoms with E-state index in [4.69, 9.17) is 9.15 Å². The highest BCUT2D eigenvalue weighted by Crippen LogP contribution is 2.26. The standard InChI is InChI=1S/C24H26N2O3/c1-18-7-9-20(10-8-18)22(17-26-12-15-28-16-13-26)25-24(27)23-21(11-14-29-23)19-5-3-2-4-6-19/h2-11,14,22H,12-13,15-17H2,1H3,(H,25,27)/t22-/m1/s1. The molecule has 3 aromatic rings. The maximum atomic E-state index is 13.1. The van der Waals surface area contributed by atoms with E-state index in [9.17, 15) is 4.79 Å². The molecular weight excluding hydrogens is 364 g/mol. The molecule has 5 heteroatoms. The molecule has 0 radical (unpaired) electrons. The predicted molar refractivity (Wildman–Crippen MR) is 113 cm³/mol. The lowest BCUT2D eigenvalue weighted by molar-refractivity contribution is 0.0331. The Labute approximate surface area is 171 Å². The van der Waals surface area contributed by atoms with Gasteiger partial charge in [0, 0.05) is 25.2 Å². The second-order valence-electron chi connectivity index (χ2n) is 7.38. The van der Waals surface area contributed by atoms with E-state index in [1.807, 2.05) is 36.4 Å². The van der Waals surface area contributed by atoms with E-state index in [1.165, 1.54) is 5.56 Å². The fourth-order valence-corrected chi connectivity index (χ4v) is 3.63. The molecule has 4 rings (SSSR count). The number of hydrogen-bond acceptors (Lipinski definition) is 4. The van der Waals surface area contributed by atoms with Gasteiger partial charge in [0.05, 0.1) is 25.5 Å². The van der Waals surface area contributed by atoms with Crippen LogP contribution in [0.15, 0.2) is 71.3 Å². The molecule has 1 atom stereocenters. The van der Waals surface area contributed by atoms with Crippen molar-refractivity contribution in [3.63, 3.8) is 0 Å². The molecule has 1 fully saturated rings. The molecule has 1 aliphatic heterocycles. The Morgan fingerprint density at radius 2 is 1.76 bits per heavy atom. The van der Waals surface area contributed by atoms with Crippen molar-refractivity contribution in [2.45, 2.75) is 13.0 Å². The summed E-state index contributed by atoms with van der Waals surface area (Å²) in [6.45, 7) is 5.99. The normalized spacial score (nSPS) is 15.8. The van der Waals surface area contributed by atoms with Crippen LogP contribution in [-0.2, 0) is 4.74 Å². The van der Waals surface area contributed by atoms with E-state index in [0.29, 0.717) is 5.76 Å². The molecule has 0 bridgehead atoms. The zero-order valence-corrected chi connectivity index (χ0v) is 16.6. The topological polar surface area (TPSA) is 54.7 Å². The minimum Gasteiger partial charge on any atom is -0.459 e. The second-order valence-corrected chi connectivity index (χ2v) is 7.38. The second kappa shape index (κ2) is 9.07. The van der Waals surface area contributed by atoms with Crippen LogP contribution < -0.4 is 5.32 Å². The van der Waals surface area contributed by atoms with Crippen LogP contribution in [0.5, 0.6) is 0 Å². The summed E-state index contributed by atoms with van der Waals surface area (Å²) in [6.07, 6.45) is 1.57. The van der Waals surface area contributed by atoms with Crippen molar-refractivity contribution in [2.75, 3.05) is 32.8 Å². The summed E-state index contributed by atoms with van der Waals surface area (Å²) in [4.78, 5) is 15.5. The number of nitrogens with one attached hydrogen (secondary N) is 1. The molecule has 1 N–H and O–H groups in total. The first-order valence-corrected chi connectivity index (χ1v) is 10.0. The van der Waals surface area contributed by atoms with Gasteiger partial charge in [0.25, 0.3) is 5.91 Å². The summed E-state index contributed by atoms with van der Waals surface area (Å²) < 4.78 is 11.0. The van der Waals surface area contributed by atoms with Gasteiger partial charge in [-0.1, -0.05) is 60.2 Å². The summed E-state index contributed by atoms with van der Waals surface area (Å²) in [6, 6.07) is 19.9. The van der Waals surface area contributed by atoms with Crippen molar-refractivity contribution >= 4 is 5.91 Å². The number of furan rings is 1. The fourth-order valence-electron chi connectivity index (χ4n) is 3.63. The predicted octanol–water partition coefficient (Wildman–Crippen LogP) is 4.06. The third kappa shape index (κ3) is 4.75. The van der Waals surface area contributed by atoms with Crippen molar-refractivity contribution in [3.8, 4) is 11.1 Å². The number of amides is 1. The average molecular weight is 390 g/mol. The van der Waals surface area contributed by atoms with Crippen LogP contribution in [0, 0.1) is 6.92 Å². The number of hydrogen-bond donors (Lipinski definition) is 1. The highest BCUT2D eigenvalue weighted by Gasteiger charge is 2.24. The summed E-state index contributed by atoms with van der Waals surface area (Å²) in [7, 11) is 0. The van der Waals surface area contributed by atoms with Crippen molar-refractivity contribution in [3.05, 3.63) is 83.8 Å². The third-order valence-electron chi connectivity index (χ3n) is 5.29. The number of carbonyl (C=O) groups excluding carboxylic acids is 1. The summed E-state index contributed by atoms with van der Waals surface area (Å²) in [5, 5.41) is 3.20. The number of rotatable bonds is 6. The Kier molecular flexibility index (Phi) is 6.08. The molecule has 0 aliphatic carbocycles. The minimum atomic E-state index is -0.201. The SMILES string of the molecule is Cc1ccc([C@@H](CN2CCOCC2)NC(=O)c2occc2-c2ccccc2)cc1. The first-order valence-electron chi connectivity index (χ1n) is 10.0. The van der Waals surface area contributed by atoms with Gasteiger partial charge in [-0.15, -0.1) is 0 Å². The van der Waals surface area contributed by atoms with E-state index < -0.39 is 0 Å². The smallest absolute Gasteiger partial charge is 0.288 e. The molecule has 29 heavy (non-hydrogen) atoms. The zero-order chi connectivity index (χ0) is 20.1. The minimum absolute atomic E-state index is 0.130. The third-order valence-corrected chi connectivity index (χ3v) is 5.29.